The third-order valence-electron chi connectivity index (χ3n) is 7.14. The van der Waals surface area contributed by atoms with Crippen LogP contribution in [0.5, 0.6) is 17.2 Å². The van der Waals surface area contributed by atoms with Crippen LogP contribution < -0.4 is 14.8 Å². The van der Waals surface area contributed by atoms with Gasteiger partial charge in [-0.3, -0.25) is 24.5 Å². The third kappa shape index (κ3) is 5.63. The van der Waals surface area contributed by atoms with Crippen LogP contribution in [0.2, 0.25) is 0 Å². The monoisotopic (exact) mass is 535 g/mol. The molecule has 1 N–H and O–H groups in total. The highest BCUT2D eigenvalue weighted by Gasteiger charge is 2.32. The molecule has 2 aromatic carbocycles. The smallest absolute Gasteiger partial charge is 0.252 e. The van der Waals surface area contributed by atoms with Gasteiger partial charge in [-0.2, -0.15) is 0 Å². The highest BCUT2D eigenvalue weighted by Crippen LogP contribution is 2.39. The van der Waals surface area contributed by atoms with Gasteiger partial charge in [-0.25, -0.2) is 0 Å². The van der Waals surface area contributed by atoms with Crippen molar-refractivity contribution in [3.05, 3.63) is 107 Å². The fourth-order valence-corrected chi connectivity index (χ4v) is 5.21. The number of nitrogens with zero attached hydrogens (tertiary/aromatic N) is 4. The van der Waals surface area contributed by atoms with Gasteiger partial charge in [0.05, 0.1) is 30.1 Å². The number of rotatable bonds is 3. The number of aromatic nitrogens is 3. The zero-order chi connectivity index (χ0) is 27.3. The average Bonchev–Trinajstić information content (AvgIpc) is 2.99. The van der Waals surface area contributed by atoms with Crippen LogP contribution in [0.3, 0.4) is 0 Å². The average molecular weight is 536 g/mol. The Balaban J connectivity index is 1.35. The first kappa shape index (κ1) is 25.5. The van der Waals surface area contributed by atoms with Crippen molar-refractivity contribution in [2.75, 3.05) is 19.7 Å². The summed E-state index contributed by atoms with van der Waals surface area (Å²) < 4.78 is 12.2. The molecule has 3 aliphatic rings. The molecule has 0 radical (unpaired) electrons. The summed E-state index contributed by atoms with van der Waals surface area (Å²) in [4.78, 5) is 40.8. The zero-order valence-corrected chi connectivity index (χ0v) is 22.0. The maximum Gasteiger partial charge on any atom is 0.252 e. The van der Waals surface area contributed by atoms with E-state index < -0.39 is 0 Å². The lowest BCUT2D eigenvalue weighted by atomic mass is 9.87. The van der Waals surface area contributed by atoms with Crippen LogP contribution in [0.15, 0.2) is 79.5 Å². The summed E-state index contributed by atoms with van der Waals surface area (Å²) in [5.74, 6) is 1.71. The summed E-state index contributed by atoms with van der Waals surface area (Å²) in [6.07, 6.45) is 10.3. The van der Waals surface area contributed by atoms with E-state index in [0.29, 0.717) is 62.4 Å². The highest BCUT2D eigenvalue weighted by atomic mass is 16.5. The molecule has 1 unspecified atom stereocenters. The van der Waals surface area contributed by atoms with Gasteiger partial charge in [0.25, 0.3) is 5.91 Å². The van der Waals surface area contributed by atoms with Gasteiger partial charge in [-0.15, -0.1) is 0 Å². The fourth-order valence-electron chi connectivity index (χ4n) is 5.21. The van der Waals surface area contributed by atoms with Crippen molar-refractivity contribution in [3.8, 4) is 17.2 Å². The van der Waals surface area contributed by atoms with Crippen LogP contribution >= 0.6 is 0 Å². The summed E-state index contributed by atoms with van der Waals surface area (Å²) in [6.45, 7) is 1.48. The van der Waals surface area contributed by atoms with Crippen molar-refractivity contribution in [1.29, 1.82) is 0 Å². The van der Waals surface area contributed by atoms with E-state index in [1.54, 1.807) is 30.9 Å². The van der Waals surface area contributed by atoms with Crippen molar-refractivity contribution >= 4 is 11.8 Å². The van der Waals surface area contributed by atoms with Gasteiger partial charge < -0.3 is 19.7 Å². The minimum absolute atomic E-state index is 0.0636. The quantitative estimate of drug-likeness (QED) is 0.417. The Kier molecular flexibility index (Phi) is 7.34. The standard InChI is InChI=1S/C31H29N5O4/c37-29(8-5-24-19-32-11-12-34-24)36-13-9-21-15-26-6-7-28(21)30(36)22-3-1-4-25(16-22)39-14-2-10-35-31(38)23-17-27(40-26)20-33-18-23/h1,3-4,6-7,11-12,15-20,30H,2,5,8-10,13-14H2,(H,35,38). The lowest BCUT2D eigenvalue weighted by Crippen LogP contribution is -2.40. The second kappa shape index (κ2) is 11.5. The van der Waals surface area contributed by atoms with Gasteiger partial charge in [0.2, 0.25) is 5.91 Å². The Labute approximate surface area is 232 Å². The summed E-state index contributed by atoms with van der Waals surface area (Å²) in [5, 5.41) is 2.91. The Morgan fingerprint density at radius 2 is 1.95 bits per heavy atom. The molecule has 0 aliphatic carbocycles. The van der Waals surface area contributed by atoms with Crippen LogP contribution in [-0.2, 0) is 17.6 Å². The number of carbonyl (C=O) groups is 2. The first-order valence-corrected chi connectivity index (χ1v) is 13.4. The van der Waals surface area contributed by atoms with Crippen molar-refractivity contribution in [3.63, 3.8) is 0 Å². The number of nitrogens with one attached hydrogen (secondary N) is 1. The second-order valence-corrected chi connectivity index (χ2v) is 9.84. The number of hydrogen-bond donors (Lipinski definition) is 1. The van der Waals surface area contributed by atoms with Crippen LogP contribution in [0.4, 0.5) is 0 Å². The van der Waals surface area contributed by atoms with E-state index in [4.69, 9.17) is 9.47 Å². The van der Waals surface area contributed by atoms with Crippen molar-refractivity contribution in [1.82, 2.24) is 25.2 Å². The molecule has 0 saturated carbocycles. The lowest BCUT2D eigenvalue weighted by Gasteiger charge is -2.38. The van der Waals surface area contributed by atoms with E-state index in [2.05, 4.69) is 20.3 Å². The molecule has 9 nitrogen and oxygen atoms in total. The SMILES string of the molecule is O=C1NCCCOc2cccc(c2)C2c3ccc(cc3CCN2C(=O)CCc2cnccn2)Oc2cncc1c2. The number of pyridine rings is 1. The van der Waals surface area contributed by atoms with E-state index in [-0.39, 0.29) is 17.9 Å². The van der Waals surface area contributed by atoms with Gasteiger partial charge in [-0.1, -0.05) is 18.2 Å². The molecule has 8 bridgehead atoms. The van der Waals surface area contributed by atoms with Gasteiger partial charge >= 0.3 is 0 Å². The van der Waals surface area contributed by atoms with Gasteiger partial charge in [0.15, 0.2) is 0 Å². The number of amides is 2. The maximum absolute atomic E-state index is 13.6. The predicted molar refractivity (Wildman–Crippen MR) is 147 cm³/mol. The van der Waals surface area contributed by atoms with Gasteiger partial charge in [-0.05, 0) is 66.3 Å². The van der Waals surface area contributed by atoms with Crippen LogP contribution in [0.1, 0.15) is 51.6 Å². The molecule has 0 spiro atoms. The van der Waals surface area contributed by atoms with E-state index in [9.17, 15) is 9.59 Å². The Morgan fingerprint density at radius 1 is 1.00 bits per heavy atom. The summed E-state index contributed by atoms with van der Waals surface area (Å²) in [7, 11) is 0. The minimum atomic E-state index is -0.265. The lowest BCUT2D eigenvalue weighted by molar-refractivity contribution is -0.133. The highest BCUT2D eigenvalue weighted by molar-refractivity contribution is 5.94. The minimum Gasteiger partial charge on any atom is -0.494 e. The second-order valence-electron chi connectivity index (χ2n) is 9.84. The van der Waals surface area contributed by atoms with Crippen molar-refractivity contribution < 1.29 is 19.1 Å². The first-order valence-electron chi connectivity index (χ1n) is 13.4. The van der Waals surface area contributed by atoms with E-state index in [1.165, 1.54) is 6.20 Å². The molecular weight excluding hydrogens is 506 g/mol. The first-order chi connectivity index (χ1) is 19.6. The van der Waals surface area contributed by atoms with Crippen molar-refractivity contribution in [2.24, 2.45) is 0 Å². The Morgan fingerprint density at radius 3 is 2.85 bits per heavy atom. The molecule has 0 saturated heterocycles. The molecular formula is C31H29N5O4. The van der Waals surface area contributed by atoms with Crippen LogP contribution in [-0.4, -0.2) is 51.4 Å². The summed E-state index contributed by atoms with van der Waals surface area (Å²) in [5.41, 5.74) is 4.36. The number of benzene rings is 2. The van der Waals surface area contributed by atoms with E-state index in [0.717, 1.165) is 28.1 Å². The molecule has 2 amide bonds. The number of carbonyl (C=O) groups excluding carboxylic acids is 2. The molecule has 3 aliphatic heterocycles. The molecule has 40 heavy (non-hydrogen) atoms. The van der Waals surface area contributed by atoms with E-state index in [1.807, 2.05) is 47.4 Å². The number of fused-ring (bicyclic) bond motifs is 6. The molecule has 5 heterocycles. The van der Waals surface area contributed by atoms with Gasteiger partial charge in [0.1, 0.15) is 17.2 Å². The van der Waals surface area contributed by atoms with E-state index >= 15 is 0 Å². The summed E-state index contributed by atoms with van der Waals surface area (Å²) >= 11 is 0. The molecule has 0 fully saturated rings. The largest absolute Gasteiger partial charge is 0.494 e. The Hall–Kier alpha value is -4.79. The zero-order valence-electron chi connectivity index (χ0n) is 22.0. The number of hydrogen-bond acceptors (Lipinski definition) is 7. The van der Waals surface area contributed by atoms with Crippen molar-refractivity contribution in [2.45, 2.75) is 31.7 Å². The number of ether oxygens (including phenoxy) is 2. The number of aryl methyl sites for hydroxylation is 1. The molecule has 4 aromatic rings. The topological polar surface area (TPSA) is 107 Å². The van der Waals surface area contributed by atoms with Crippen LogP contribution in [0, 0.1) is 0 Å². The van der Waals surface area contributed by atoms with Crippen LogP contribution in [0.25, 0.3) is 0 Å². The molecule has 1 atom stereocenters. The molecule has 7 rings (SSSR count). The maximum atomic E-state index is 13.6. The summed E-state index contributed by atoms with van der Waals surface area (Å²) in [6, 6.07) is 15.3. The molecule has 202 valence electrons. The Bertz CT molecular complexity index is 1530. The van der Waals surface area contributed by atoms with Gasteiger partial charge in [0, 0.05) is 44.3 Å². The predicted octanol–water partition coefficient (Wildman–Crippen LogP) is 4.28. The fraction of sp³-hybridized carbons (Fsp3) is 0.258. The normalized spacial score (nSPS) is 16.6. The third-order valence-corrected chi connectivity index (χ3v) is 7.14. The molecule has 2 aromatic heterocycles. The molecule has 9 heteroatoms.